The minimum Gasteiger partial charge on any atom is -0.455 e. The van der Waals surface area contributed by atoms with Crippen LogP contribution in [0.5, 0.6) is 0 Å². The molecule has 0 radical (unpaired) electrons. The van der Waals surface area contributed by atoms with Gasteiger partial charge in [-0.05, 0) is 55.4 Å². The van der Waals surface area contributed by atoms with Crippen molar-refractivity contribution in [1.29, 1.82) is 0 Å². The quantitative estimate of drug-likeness (QED) is 0.215. The fraction of sp³-hybridized carbons (Fsp3) is 0. The standard InChI is InChI=1S/C38H24O/c1-3-13-25(14-4-1)27-21-11-23-33-37-32(22-12-24-34(37)39-38(27)33)36-30-19-9-7-17-28(30)35(26-15-5-2-6-16-26)29-18-8-10-20-31(29)36/h1-24H/i1D,2D,3D,4D,5D,6D,11D,12D,13D,14D,15D,16D,21D,22D,23D,24D. The number of para-hydroxylation sites is 1. The van der Waals surface area contributed by atoms with E-state index in [1.54, 1.807) is 48.5 Å². The first-order valence-corrected chi connectivity index (χ1v) is 12.1. The Hall–Kier alpha value is -5.14. The fourth-order valence-corrected chi connectivity index (χ4v) is 5.26. The topological polar surface area (TPSA) is 13.1 Å². The second kappa shape index (κ2) is 8.72. The van der Waals surface area contributed by atoms with Crippen molar-refractivity contribution < 1.29 is 26.3 Å². The molecule has 7 aromatic carbocycles. The van der Waals surface area contributed by atoms with Gasteiger partial charge in [-0.1, -0.05) is 139 Å². The van der Waals surface area contributed by atoms with Gasteiger partial charge in [-0.2, -0.15) is 0 Å². The summed E-state index contributed by atoms with van der Waals surface area (Å²) in [5.74, 6) is 0. The van der Waals surface area contributed by atoms with E-state index in [0.717, 1.165) is 0 Å². The molecule has 1 heteroatoms. The average molecular weight is 513 g/mol. The third-order valence-electron chi connectivity index (χ3n) is 6.81. The Morgan fingerprint density at radius 2 is 0.974 bits per heavy atom. The first-order valence-electron chi connectivity index (χ1n) is 20.1. The van der Waals surface area contributed by atoms with Gasteiger partial charge >= 0.3 is 0 Å². The molecule has 0 spiro atoms. The van der Waals surface area contributed by atoms with Gasteiger partial charge in [0.1, 0.15) is 11.2 Å². The lowest BCUT2D eigenvalue weighted by Gasteiger charge is -2.18. The Balaban J connectivity index is 1.63. The van der Waals surface area contributed by atoms with Crippen molar-refractivity contribution >= 4 is 43.5 Å². The van der Waals surface area contributed by atoms with Crippen molar-refractivity contribution in [2.75, 3.05) is 0 Å². The van der Waals surface area contributed by atoms with Gasteiger partial charge in [-0.3, -0.25) is 0 Å². The molecular formula is C38H24O. The summed E-state index contributed by atoms with van der Waals surface area (Å²) < 4.78 is 145. The van der Waals surface area contributed by atoms with E-state index < -0.39 is 102 Å². The van der Waals surface area contributed by atoms with Crippen LogP contribution in [0.1, 0.15) is 21.9 Å². The average Bonchev–Trinajstić information content (AvgIpc) is 3.58. The second-order valence-electron chi connectivity index (χ2n) is 8.85. The van der Waals surface area contributed by atoms with Gasteiger partial charge in [0.05, 0.1) is 21.9 Å². The van der Waals surface area contributed by atoms with Crippen LogP contribution < -0.4 is 0 Å². The van der Waals surface area contributed by atoms with E-state index in [9.17, 15) is 1.37 Å². The monoisotopic (exact) mass is 512 g/mol. The smallest absolute Gasteiger partial charge is 0.143 e. The number of furan rings is 1. The highest BCUT2D eigenvalue weighted by Crippen LogP contribution is 2.47. The van der Waals surface area contributed by atoms with Crippen LogP contribution in [0, 0.1) is 0 Å². The van der Waals surface area contributed by atoms with Gasteiger partial charge in [0.15, 0.2) is 0 Å². The SMILES string of the molecule is [2H]c1c([2H])c([2H])c(-c2c3ccccc3c(-c3c([2H])c([2H])c([2H])c4oc5c(-c6c([2H])c([2H])c([2H])c([2H])c6[2H])c([2H])c([2H])c([2H])c5c34)c3ccccc23)c([2H])c1[2H]. The molecule has 182 valence electrons. The van der Waals surface area contributed by atoms with Gasteiger partial charge in [0.25, 0.3) is 0 Å². The molecule has 8 aromatic rings. The Kier molecular flexibility index (Phi) is 2.53. The summed E-state index contributed by atoms with van der Waals surface area (Å²) in [5, 5.41) is 1.40. The van der Waals surface area contributed by atoms with Crippen molar-refractivity contribution in [3.8, 4) is 33.4 Å². The van der Waals surface area contributed by atoms with Gasteiger partial charge in [0, 0.05) is 16.3 Å². The number of benzene rings is 7. The number of hydrogen-bond acceptors (Lipinski definition) is 1. The molecule has 1 heterocycles. The number of hydrogen-bond donors (Lipinski definition) is 0. The first kappa shape index (κ1) is 11.3. The van der Waals surface area contributed by atoms with Crippen molar-refractivity contribution in [3.63, 3.8) is 0 Å². The first-order chi connectivity index (χ1) is 26.0. The molecule has 0 aliphatic rings. The molecule has 0 saturated carbocycles. The molecule has 0 aliphatic heterocycles. The van der Waals surface area contributed by atoms with Gasteiger partial charge in [0.2, 0.25) is 0 Å². The molecule has 0 bridgehead atoms. The summed E-state index contributed by atoms with van der Waals surface area (Å²) in [5.41, 5.74) is -0.949. The van der Waals surface area contributed by atoms with Crippen molar-refractivity contribution in [2.24, 2.45) is 0 Å². The molecule has 0 atom stereocenters. The predicted octanol–water partition coefficient (Wildman–Crippen LogP) is 10.9. The summed E-state index contributed by atoms with van der Waals surface area (Å²) in [6, 6.07) is 4.10. The molecule has 0 fully saturated rings. The predicted molar refractivity (Wildman–Crippen MR) is 165 cm³/mol. The molecule has 8 rings (SSSR count). The summed E-state index contributed by atoms with van der Waals surface area (Å²) in [6.07, 6.45) is 0. The van der Waals surface area contributed by atoms with Crippen LogP contribution >= 0.6 is 0 Å². The van der Waals surface area contributed by atoms with Crippen LogP contribution in [0.4, 0.5) is 0 Å². The molecule has 0 unspecified atom stereocenters. The second-order valence-corrected chi connectivity index (χ2v) is 8.85. The van der Waals surface area contributed by atoms with E-state index in [1.165, 1.54) is 0 Å². The zero-order valence-electron chi connectivity index (χ0n) is 36.0. The van der Waals surface area contributed by atoms with E-state index in [1.807, 2.05) is 0 Å². The molecule has 1 aromatic heterocycles. The Bertz CT molecular complexity index is 2940. The van der Waals surface area contributed by atoms with E-state index in [-0.39, 0.29) is 38.6 Å². The van der Waals surface area contributed by atoms with Crippen LogP contribution in [0.3, 0.4) is 0 Å². The van der Waals surface area contributed by atoms with Gasteiger partial charge < -0.3 is 4.42 Å². The maximum atomic E-state index is 9.36. The van der Waals surface area contributed by atoms with Gasteiger partial charge in [-0.25, -0.2) is 0 Å². The molecule has 0 N–H and O–H groups in total. The summed E-state index contributed by atoms with van der Waals surface area (Å²) in [7, 11) is 0. The lowest BCUT2D eigenvalue weighted by atomic mass is 9.85. The summed E-state index contributed by atoms with van der Waals surface area (Å²) in [6.45, 7) is 0. The highest BCUT2D eigenvalue weighted by molar-refractivity contribution is 6.26. The molecule has 1 nitrogen and oxygen atoms in total. The highest BCUT2D eigenvalue weighted by atomic mass is 16.3. The van der Waals surface area contributed by atoms with Crippen LogP contribution in [-0.4, -0.2) is 0 Å². The van der Waals surface area contributed by atoms with Crippen molar-refractivity contribution in [3.05, 3.63) is 145 Å². The third kappa shape index (κ3) is 3.34. The minimum absolute atomic E-state index is 0.00703. The molecule has 0 aliphatic carbocycles. The van der Waals surface area contributed by atoms with Crippen LogP contribution in [0.15, 0.2) is 150 Å². The van der Waals surface area contributed by atoms with Crippen LogP contribution in [0.25, 0.3) is 76.9 Å². The maximum Gasteiger partial charge on any atom is 0.143 e. The molecule has 39 heavy (non-hydrogen) atoms. The van der Waals surface area contributed by atoms with Gasteiger partial charge in [-0.15, -0.1) is 0 Å². The third-order valence-corrected chi connectivity index (χ3v) is 6.81. The van der Waals surface area contributed by atoms with Crippen LogP contribution in [0.2, 0.25) is 0 Å². The Labute approximate surface area is 249 Å². The van der Waals surface area contributed by atoms with E-state index in [2.05, 4.69) is 0 Å². The molecular weight excluding hydrogens is 472 g/mol. The van der Waals surface area contributed by atoms with E-state index in [0.29, 0.717) is 32.7 Å². The highest BCUT2D eigenvalue weighted by Gasteiger charge is 2.20. The number of rotatable bonds is 3. The van der Waals surface area contributed by atoms with Crippen molar-refractivity contribution in [1.82, 2.24) is 0 Å². The molecule has 0 amide bonds. The zero-order valence-corrected chi connectivity index (χ0v) is 20.0. The fourth-order valence-electron chi connectivity index (χ4n) is 5.26. The van der Waals surface area contributed by atoms with E-state index >= 15 is 0 Å². The molecule has 0 saturated heterocycles. The summed E-state index contributed by atoms with van der Waals surface area (Å²) >= 11 is 0. The van der Waals surface area contributed by atoms with Crippen molar-refractivity contribution in [2.45, 2.75) is 0 Å². The lowest BCUT2D eigenvalue weighted by molar-refractivity contribution is 0.670. The number of fused-ring (bicyclic) bond motifs is 5. The normalized spacial score (nSPS) is 17.3. The van der Waals surface area contributed by atoms with E-state index in [4.69, 9.17) is 25.0 Å². The Morgan fingerprint density at radius 3 is 1.62 bits per heavy atom. The maximum absolute atomic E-state index is 9.36. The zero-order chi connectivity index (χ0) is 39.7. The lowest BCUT2D eigenvalue weighted by Crippen LogP contribution is -1.91. The largest absolute Gasteiger partial charge is 0.455 e. The Morgan fingerprint density at radius 1 is 0.436 bits per heavy atom. The minimum atomic E-state index is -0.706. The summed E-state index contributed by atoms with van der Waals surface area (Å²) in [4.78, 5) is 0. The van der Waals surface area contributed by atoms with Crippen LogP contribution in [-0.2, 0) is 0 Å².